The van der Waals surface area contributed by atoms with E-state index < -0.39 is 16.6 Å². The standard InChI is InChI=1S/C19H18ClF3/c1-3-12-4-6-13(7-5-12)16-17(18(16,2)20)14-8-10-15(11-9-14)19(21,22)23/h4-11,16-17H,3H2,1-2H3. The van der Waals surface area contributed by atoms with E-state index in [1.54, 1.807) is 12.1 Å². The van der Waals surface area contributed by atoms with Crippen LogP contribution in [0, 0.1) is 0 Å². The second kappa shape index (κ2) is 5.55. The van der Waals surface area contributed by atoms with Gasteiger partial charge in [0.2, 0.25) is 0 Å². The van der Waals surface area contributed by atoms with Gasteiger partial charge in [0, 0.05) is 11.8 Å². The summed E-state index contributed by atoms with van der Waals surface area (Å²) >= 11 is 6.62. The van der Waals surface area contributed by atoms with Crippen molar-refractivity contribution in [1.82, 2.24) is 0 Å². The van der Waals surface area contributed by atoms with Crippen molar-refractivity contribution in [2.24, 2.45) is 0 Å². The number of alkyl halides is 4. The molecule has 4 heteroatoms. The molecule has 122 valence electrons. The number of benzene rings is 2. The van der Waals surface area contributed by atoms with Crippen LogP contribution in [-0.4, -0.2) is 4.87 Å². The zero-order valence-electron chi connectivity index (χ0n) is 13.0. The molecule has 1 aliphatic rings. The molecular weight excluding hydrogens is 321 g/mol. The van der Waals surface area contributed by atoms with Crippen LogP contribution in [0.15, 0.2) is 48.5 Å². The van der Waals surface area contributed by atoms with E-state index >= 15 is 0 Å². The first-order valence-corrected chi connectivity index (χ1v) is 8.08. The predicted molar refractivity (Wildman–Crippen MR) is 87.0 cm³/mol. The fraction of sp³-hybridized carbons (Fsp3) is 0.368. The third-order valence-corrected chi connectivity index (χ3v) is 5.25. The van der Waals surface area contributed by atoms with Gasteiger partial charge in [-0.1, -0.05) is 43.3 Å². The Morgan fingerprint density at radius 3 is 1.74 bits per heavy atom. The quantitative estimate of drug-likeness (QED) is 0.589. The van der Waals surface area contributed by atoms with E-state index in [2.05, 4.69) is 31.2 Å². The van der Waals surface area contributed by atoms with Gasteiger partial charge in [0.1, 0.15) is 0 Å². The highest BCUT2D eigenvalue weighted by molar-refractivity contribution is 6.27. The van der Waals surface area contributed by atoms with Crippen molar-refractivity contribution in [1.29, 1.82) is 0 Å². The van der Waals surface area contributed by atoms with Gasteiger partial charge in [0.25, 0.3) is 0 Å². The second-order valence-corrected chi connectivity index (χ2v) is 7.14. The van der Waals surface area contributed by atoms with E-state index in [9.17, 15) is 13.2 Å². The molecule has 1 aliphatic carbocycles. The average molecular weight is 339 g/mol. The zero-order chi connectivity index (χ0) is 16.8. The lowest BCUT2D eigenvalue weighted by atomic mass is 10.0. The zero-order valence-corrected chi connectivity index (χ0v) is 13.7. The number of rotatable bonds is 3. The van der Waals surface area contributed by atoms with E-state index in [1.807, 2.05) is 6.92 Å². The van der Waals surface area contributed by atoms with Gasteiger partial charge in [0.15, 0.2) is 0 Å². The van der Waals surface area contributed by atoms with Crippen molar-refractivity contribution in [2.45, 2.75) is 43.2 Å². The van der Waals surface area contributed by atoms with Crippen LogP contribution in [0.5, 0.6) is 0 Å². The van der Waals surface area contributed by atoms with Gasteiger partial charge in [0.05, 0.1) is 10.4 Å². The van der Waals surface area contributed by atoms with Gasteiger partial charge in [-0.15, -0.1) is 11.6 Å². The van der Waals surface area contributed by atoms with Gasteiger partial charge in [-0.2, -0.15) is 13.2 Å². The molecule has 0 heterocycles. The Hall–Kier alpha value is -1.48. The fourth-order valence-corrected chi connectivity index (χ4v) is 3.80. The summed E-state index contributed by atoms with van der Waals surface area (Å²) in [6, 6.07) is 13.7. The molecule has 0 aromatic heterocycles. The molecule has 0 spiro atoms. The Morgan fingerprint density at radius 2 is 1.35 bits per heavy atom. The number of halogens is 4. The topological polar surface area (TPSA) is 0 Å². The molecule has 2 aromatic carbocycles. The molecule has 0 amide bonds. The van der Waals surface area contributed by atoms with Crippen LogP contribution in [0.1, 0.15) is 47.9 Å². The maximum atomic E-state index is 12.7. The lowest BCUT2D eigenvalue weighted by Crippen LogP contribution is -2.04. The van der Waals surface area contributed by atoms with E-state index in [0.717, 1.165) is 29.7 Å². The summed E-state index contributed by atoms with van der Waals surface area (Å²) in [6.07, 6.45) is -3.33. The van der Waals surface area contributed by atoms with E-state index in [1.165, 1.54) is 5.56 Å². The van der Waals surface area contributed by atoms with Gasteiger partial charge >= 0.3 is 6.18 Å². The van der Waals surface area contributed by atoms with Gasteiger partial charge < -0.3 is 0 Å². The highest BCUT2D eigenvalue weighted by atomic mass is 35.5. The third kappa shape index (κ3) is 2.99. The molecule has 2 aromatic rings. The maximum Gasteiger partial charge on any atom is 0.416 e. The van der Waals surface area contributed by atoms with E-state index in [0.29, 0.717) is 0 Å². The van der Waals surface area contributed by atoms with Gasteiger partial charge in [-0.25, -0.2) is 0 Å². The molecule has 1 saturated carbocycles. The highest BCUT2D eigenvalue weighted by Gasteiger charge is 2.61. The molecule has 0 radical (unpaired) electrons. The molecule has 0 aliphatic heterocycles. The first-order chi connectivity index (χ1) is 10.7. The first-order valence-electron chi connectivity index (χ1n) is 7.70. The maximum absolute atomic E-state index is 12.7. The summed E-state index contributed by atoms with van der Waals surface area (Å²) in [6.45, 7) is 4.05. The summed E-state index contributed by atoms with van der Waals surface area (Å²) in [5, 5.41) is 0. The normalized spacial score (nSPS) is 27.0. The fourth-order valence-electron chi connectivity index (χ4n) is 3.36. The molecule has 1 fully saturated rings. The highest BCUT2D eigenvalue weighted by Crippen LogP contribution is 2.67. The van der Waals surface area contributed by atoms with Crippen LogP contribution in [0.3, 0.4) is 0 Å². The van der Waals surface area contributed by atoms with Crippen molar-refractivity contribution in [3.63, 3.8) is 0 Å². The largest absolute Gasteiger partial charge is 0.416 e. The van der Waals surface area contributed by atoms with Gasteiger partial charge in [-0.05, 0) is 42.2 Å². The summed E-state index contributed by atoms with van der Waals surface area (Å²) in [4.78, 5) is -0.451. The molecule has 0 bridgehead atoms. The average Bonchev–Trinajstić information content (AvgIpc) is 3.09. The summed E-state index contributed by atoms with van der Waals surface area (Å²) in [5.74, 6) is 0.172. The Bertz CT molecular complexity index is 684. The molecule has 0 N–H and O–H groups in total. The Labute approximate surface area is 139 Å². The lowest BCUT2D eigenvalue weighted by molar-refractivity contribution is -0.137. The van der Waals surface area contributed by atoms with Crippen molar-refractivity contribution >= 4 is 11.6 Å². The summed E-state index contributed by atoms with van der Waals surface area (Å²) in [5.41, 5.74) is 2.64. The minimum absolute atomic E-state index is 0.0407. The van der Waals surface area contributed by atoms with Crippen LogP contribution in [0.2, 0.25) is 0 Å². The van der Waals surface area contributed by atoms with Crippen molar-refractivity contribution < 1.29 is 13.2 Å². The first kappa shape index (κ1) is 16.4. The number of hydrogen-bond acceptors (Lipinski definition) is 0. The SMILES string of the molecule is CCc1ccc(C2C(c3ccc(C(F)(F)F)cc3)C2(C)Cl)cc1. The van der Waals surface area contributed by atoms with Crippen LogP contribution >= 0.6 is 11.6 Å². The summed E-state index contributed by atoms with van der Waals surface area (Å²) in [7, 11) is 0. The molecule has 3 atom stereocenters. The van der Waals surface area contributed by atoms with Crippen molar-refractivity contribution in [3.8, 4) is 0 Å². The smallest absolute Gasteiger partial charge is 0.166 e. The number of aryl methyl sites for hydroxylation is 1. The minimum Gasteiger partial charge on any atom is -0.166 e. The molecule has 0 nitrogen and oxygen atoms in total. The van der Waals surface area contributed by atoms with Crippen LogP contribution < -0.4 is 0 Å². The predicted octanol–water partition coefficient (Wildman–Crippen LogP) is 6.15. The van der Waals surface area contributed by atoms with Crippen LogP contribution in [0.4, 0.5) is 13.2 Å². The third-order valence-electron chi connectivity index (χ3n) is 4.78. The summed E-state index contributed by atoms with van der Waals surface area (Å²) < 4.78 is 38.0. The van der Waals surface area contributed by atoms with E-state index in [-0.39, 0.29) is 11.8 Å². The van der Waals surface area contributed by atoms with Crippen molar-refractivity contribution in [3.05, 3.63) is 70.8 Å². The van der Waals surface area contributed by atoms with Crippen LogP contribution in [0.25, 0.3) is 0 Å². The van der Waals surface area contributed by atoms with Crippen LogP contribution in [-0.2, 0) is 12.6 Å². The van der Waals surface area contributed by atoms with Gasteiger partial charge in [-0.3, -0.25) is 0 Å². The lowest BCUT2D eigenvalue weighted by Gasteiger charge is -2.08. The second-order valence-electron chi connectivity index (χ2n) is 6.32. The molecule has 23 heavy (non-hydrogen) atoms. The monoisotopic (exact) mass is 338 g/mol. The molecular formula is C19H18ClF3. The Balaban J connectivity index is 1.85. The Morgan fingerprint density at radius 1 is 0.913 bits per heavy atom. The molecule has 3 unspecified atom stereocenters. The molecule has 0 saturated heterocycles. The minimum atomic E-state index is -4.30. The Kier molecular flexibility index (Phi) is 3.96. The van der Waals surface area contributed by atoms with E-state index in [4.69, 9.17) is 11.6 Å². The molecule has 3 rings (SSSR count). The van der Waals surface area contributed by atoms with Crippen molar-refractivity contribution in [2.75, 3.05) is 0 Å². The number of hydrogen-bond donors (Lipinski definition) is 0.